The quantitative estimate of drug-likeness (QED) is 0.877. The molecule has 0 unspecified atom stereocenters. The number of carbonyl (C=O) groups is 1. The van der Waals surface area contributed by atoms with Crippen LogP contribution in [0.15, 0.2) is 4.52 Å². The SMILES string of the molecule is Cc1onc(NC(=O)NC[C@@H]2C[C@H]2C2CCC2)c1C. The van der Waals surface area contributed by atoms with Crippen LogP contribution < -0.4 is 10.6 Å². The summed E-state index contributed by atoms with van der Waals surface area (Å²) in [7, 11) is 0. The second kappa shape index (κ2) is 4.87. The van der Waals surface area contributed by atoms with Crippen LogP contribution in [0.4, 0.5) is 10.6 Å². The highest BCUT2D eigenvalue weighted by Gasteiger charge is 2.44. The van der Waals surface area contributed by atoms with Crippen molar-refractivity contribution in [2.75, 3.05) is 11.9 Å². The number of carbonyl (C=O) groups excluding carboxylic acids is 1. The Labute approximate surface area is 113 Å². The maximum absolute atomic E-state index is 11.8. The average Bonchev–Trinajstić information content (AvgIpc) is 3.00. The molecule has 1 aromatic heterocycles. The Kier molecular flexibility index (Phi) is 3.21. The molecule has 0 saturated heterocycles. The number of aromatic nitrogens is 1. The van der Waals surface area contributed by atoms with Crippen molar-refractivity contribution in [3.8, 4) is 0 Å². The van der Waals surface area contributed by atoms with E-state index in [1.807, 2.05) is 13.8 Å². The van der Waals surface area contributed by atoms with Crippen molar-refractivity contribution in [1.29, 1.82) is 0 Å². The van der Waals surface area contributed by atoms with Gasteiger partial charge in [-0.25, -0.2) is 4.79 Å². The lowest BCUT2D eigenvalue weighted by molar-refractivity contribution is 0.247. The zero-order valence-corrected chi connectivity index (χ0v) is 11.5. The smallest absolute Gasteiger partial charge is 0.320 e. The van der Waals surface area contributed by atoms with Gasteiger partial charge in [0.2, 0.25) is 0 Å². The second-order valence-corrected chi connectivity index (χ2v) is 5.90. The van der Waals surface area contributed by atoms with Crippen LogP contribution in [0.25, 0.3) is 0 Å². The fraction of sp³-hybridized carbons (Fsp3) is 0.714. The summed E-state index contributed by atoms with van der Waals surface area (Å²) in [5.74, 6) is 3.75. The minimum absolute atomic E-state index is 0.185. The molecule has 2 aliphatic rings. The van der Waals surface area contributed by atoms with Crippen molar-refractivity contribution in [2.24, 2.45) is 17.8 Å². The van der Waals surface area contributed by atoms with E-state index in [1.165, 1.54) is 25.7 Å². The normalized spacial score (nSPS) is 25.8. The van der Waals surface area contributed by atoms with Crippen LogP contribution >= 0.6 is 0 Å². The summed E-state index contributed by atoms with van der Waals surface area (Å²) in [5.41, 5.74) is 0.883. The second-order valence-electron chi connectivity index (χ2n) is 5.90. The lowest BCUT2D eigenvalue weighted by Gasteiger charge is -2.25. The van der Waals surface area contributed by atoms with E-state index in [2.05, 4.69) is 15.8 Å². The summed E-state index contributed by atoms with van der Waals surface area (Å²) in [6.07, 6.45) is 5.47. The van der Waals surface area contributed by atoms with Gasteiger partial charge in [0.05, 0.1) is 0 Å². The topological polar surface area (TPSA) is 67.2 Å². The van der Waals surface area contributed by atoms with Crippen LogP contribution in [-0.4, -0.2) is 17.7 Å². The molecule has 2 fully saturated rings. The van der Waals surface area contributed by atoms with E-state index in [9.17, 15) is 4.79 Å². The minimum atomic E-state index is -0.185. The van der Waals surface area contributed by atoms with Crippen molar-refractivity contribution in [2.45, 2.75) is 39.5 Å². The molecule has 1 heterocycles. The summed E-state index contributed by atoms with van der Waals surface area (Å²) < 4.78 is 5.01. The number of hydrogen-bond acceptors (Lipinski definition) is 3. The molecule has 5 nitrogen and oxygen atoms in total. The molecule has 2 aliphatic carbocycles. The number of rotatable bonds is 4. The Morgan fingerprint density at radius 3 is 2.79 bits per heavy atom. The predicted octanol–water partition coefficient (Wildman–Crippen LogP) is 2.85. The first-order chi connectivity index (χ1) is 9.15. The zero-order chi connectivity index (χ0) is 13.4. The van der Waals surface area contributed by atoms with Gasteiger partial charge >= 0.3 is 6.03 Å². The van der Waals surface area contributed by atoms with Gasteiger partial charge in [-0.15, -0.1) is 0 Å². The zero-order valence-electron chi connectivity index (χ0n) is 11.5. The van der Waals surface area contributed by atoms with Crippen LogP contribution in [0.2, 0.25) is 0 Å². The van der Waals surface area contributed by atoms with Gasteiger partial charge in [-0.2, -0.15) is 0 Å². The largest absolute Gasteiger partial charge is 0.359 e. The molecule has 2 N–H and O–H groups in total. The van der Waals surface area contributed by atoms with Crippen molar-refractivity contribution < 1.29 is 9.32 Å². The van der Waals surface area contributed by atoms with Gasteiger partial charge in [-0.1, -0.05) is 24.4 Å². The minimum Gasteiger partial charge on any atom is -0.359 e. The molecule has 0 spiro atoms. The Balaban J connectivity index is 1.41. The molecular weight excluding hydrogens is 242 g/mol. The van der Waals surface area contributed by atoms with Crippen molar-refractivity contribution in [3.05, 3.63) is 11.3 Å². The highest BCUT2D eigenvalue weighted by molar-refractivity contribution is 5.88. The van der Waals surface area contributed by atoms with E-state index in [-0.39, 0.29) is 6.03 Å². The first-order valence-corrected chi connectivity index (χ1v) is 7.13. The third kappa shape index (κ3) is 2.60. The summed E-state index contributed by atoms with van der Waals surface area (Å²) in [4.78, 5) is 11.8. The van der Waals surface area contributed by atoms with Crippen LogP contribution in [0.3, 0.4) is 0 Å². The highest BCUT2D eigenvalue weighted by Crippen LogP contribution is 2.51. The maximum atomic E-state index is 11.8. The predicted molar refractivity (Wildman–Crippen MR) is 71.9 cm³/mol. The summed E-state index contributed by atoms with van der Waals surface area (Å²) in [5, 5.41) is 9.48. The molecule has 0 radical (unpaired) electrons. The van der Waals surface area contributed by atoms with E-state index in [1.54, 1.807) is 0 Å². The van der Waals surface area contributed by atoms with E-state index in [4.69, 9.17) is 4.52 Å². The van der Waals surface area contributed by atoms with Gasteiger partial charge in [0.15, 0.2) is 5.82 Å². The van der Waals surface area contributed by atoms with E-state index in [0.29, 0.717) is 11.7 Å². The summed E-state index contributed by atoms with van der Waals surface area (Å²) >= 11 is 0. The Bertz CT molecular complexity index is 479. The number of urea groups is 1. The summed E-state index contributed by atoms with van der Waals surface area (Å²) in [6, 6.07) is -0.185. The molecule has 1 aromatic rings. The van der Waals surface area contributed by atoms with E-state index >= 15 is 0 Å². The van der Waals surface area contributed by atoms with Crippen LogP contribution in [0.5, 0.6) is 0 Å². The first kappa shape index (κ1) is 12.5. The van der Waals surface area contributed by atoms with Crippen LogP contribution in [0, 0.1) is 31.6 Å². The molecule has 0 aromatic carbocycles. The first-order valence-electron chi connectivity index (χ1n) is 7.13. The molecule has 19 heavy (non-hydrogen) atoms. The fourth-order valence-corrected chi connectivity index (χ4v) is 2.86. The Morgan fingerprint density at radius 2 is 2.21 bits per heavy atom. The van der Waals surface area contributed by atoms with Gasteiger partial charge < -0.3 is 9.84 Å². The number of anilines is 1. The molecule has 2 atom stereocenters. The number of nitrogens with one attached hydrogen (secondary N) is 2. The number of aryl methyl sites for hydroxylation is 1. The highest BCUT2D eigenvalue weighted by atomic mass is 16.5. The fourth-order valence-electron chi connectivity index (χ4n) is 2.86. The number of nitrogens with zero attached hydrogens (tertiary/aromatic N) is 1. The van der Waals surface area contributed by atoms with Crippen molar-refractivity contribution in [1.82, 2.24) is 10.5 Å². The average molecular weight is 263 g/mol. The molecule has 5 heteroatoms. The monoisotopic (exact) mass is 263 g/mol. The number of amides is 2. The van der Waals surface area contributed by atoms with Crippen LogP contribution in [-0.2, 0) is 0 Å². The van der Waals surface area contributed by atoms with Gasteiger partial charge in [0.1, 0.15) is 5.76 Å². The summed E-state index contributed by atoms with van der Waals surface area (Å²) in [6.45, 7) is 4.50. The molecule has 2 saturated carbocycles. The van der Waals surface area contributed by atoms with E-state index < -0.39 is 0 Å². The van der Waals surface area contributed by atoms with Crippen molar-refractivity contribution in [3.63, 3.8) is 0 Å². The third-order valence-electron chi connectivity index (χ3n) is 4.65. The molecule has 3 rings (SSSR count). The van der Waals surface area contributed by atoms with Gasteiger partial charge in [0.25, 0.3) is 0 Å². The van der Waals surface area contributed by atoms with E-state index in [0.717, 1.165) is 29.7 Å². The maximum Gasteiger partial charge on any atom is 0.320 e. The van der Waals surface area contributed by atoms with Gasteiger partial charge in [0, 0.05) is 12.1 Å². The Hall–Kier alpha value is -1.52. The molecule has 0 aliphatic heterocycles. The van der Waals surface area contributed by atoms with Gasteiger partial charge in [-0.05, 0) is 38.0 Å². The van der Waals surface area contributed by atoms with Gasteiger partial charge in [-0.3, -0.25) is 5.32 Å². The third-order valence-corrected chi connectivity index (χ3v) is 4.65. The lowest BCUT2D eigenvalue weighted by atomic mass is 9.81. The lowest BCUT2D eigenvalue weighted by Crippen LogP contribution is -2.31. The molecule has 104 valence electrons. The number of hydrogen-bond donors (Lipinski definition) is 2. The van der Waals surface area contributed by atoms with Crippen LogP contribution in [0.1, 0.15) is 37.0 Å². The molecular formula is C14H21N3O2. The standard InChI is InChI=1S/C14H21N3O2/c1-8-9(2)19-17-13(8)16-14(18)15-7-11-6-12(11)10-4-3-5-10/h10-12H,3-7H2,1-2H3,(H2,15,16,17,18)/t11-,12-/m0/s1. The molecule has 0 bridgehead atoms. The van der Waals surface area contributed by atoms with Crippen molar-refractivity contribution >= 4 is 11.8 Å². The molecule has 2 amide bonds. The Morgan fingerprint density at radius 1 is 1.42 bits per heavy atom.